The summed E-state index contributed by atoms with van der Waals surface area (Å²) < 4.78 is 4.51. The van der Waals surface area contributed by atoms with Crippen LogP contribution in [0.1, 0.15) is 5.56 Å². The Hall–Kier alpha value is -1.09. The molecule has 0 aromatic carbocycles. The van der Waals surface area contributed by atoms with Crippen LogP contribution >= 0.6 is 0 Å². The van der Waals surface area contributed by atoms with Gasteiger partial charge in [-0.3, -0.25) is 0 Å². The molecule has 1 aromatic rings. The summed E-state index contributed by atoms with van der Waals surface area (Å²) in [4.78, 5) is 10.6. The van der Waals surface area contributed by atoms with Crippen LogP contribution in [0.3, 0.4) is 0 Å². The molecule has 1 aromatic heterocycles. The van der Waals surface area contributed by atoms with E-state index in [1.807, 2.05) is 0 Å². The molecule has 0 radical (unpaired) electrons. The molecule has 0 saturated carbocycles. The molecule has 0 spiro atoms. The molecule has 0 fully saturated rings. The Morgan fingerprint density at radius 3 is 2.89 bits per heavy atom. The van der Waals surface area contributed by atoms with Crippen molar-refractivity contribution < 1.29 is 4.42 Å². The normalized spacial score (nSPS) is 9.44. The van der Waals surface area contributed by atoms with Gasteiger partial charge in [-0.15, -0.1) is 0 Å². The summed E-state index contributed by atoms with van der Waals surface area (Å²) in [5, 5.41) is 0. The van der Waals surface area contributed by atoms with Crippen LogP contribution in [-0.2, 0) is 6.54 Å². The summed E-state index contributed by atoms with van der Waals surface area (Å²) in [5.41, 5.74) is 5.36. The van der Waals surface area contributed by atoms with Gasteiger partial charge in [-0.2, -0.15) is 0 Å². The van der Waals surface area contributed by atoms with Gasteiger partial charge in [-0.1, -0.05) is 0 Å². The van der Waals surface area contributed by atoms with Crippen LogP contribution in [-0.4, -0.2) is 0 Å². The average molecular weight is 125 g/mol. The first kappa shape index (κ1) is 6.04. The van der Waals surface area contributed by atoms with Gasteiger partial charge >= 0.3 is 5.63 Å². The highest BCUT2D eigenvalue weighted by Gasteiger charge is 1.92. The molecule has 3 nitrogen and oxygen atoms in total. The van der Waals surface area contributed by atoms with Gasteiger partial charge in [0, 0.05) is 6.54 Å². The van der Waals surface area contributed by atoms with Crippen LogP contribution in [0.2, 0.25) is 0 Å². The van der Waals surface area contributed by atoms with Crippen LogP contribution in [0, 0.1) is 0 Å². The predicted molar refractivity (Wildman–Crippen MR) is 32.9 cm³/mol. The van der Waals surface area contributed by atoms with Crippen molar-refractivity contribution in [2.24, 2.45) is 5.73 Å². The second-order valence-corrected chi connectivity index (χ2v) is 1.63. The summed E-state index contributed by atoms with van der Waals surface area (Å²) >= 11 is 0. The van der Waals surface area contributed by atoms with Crippen LogP contribution in [0.5, 0.6) is 0 Å². The molecular weight excluding hydrogens is 118 g/mol. The summed E-state index contributed by atoms with van der Waals surface area (Å²) in [6.45, 7) is 0.239. The lowest BCUT2D eigenvalue weighted by Gasteiger charge is -1.88. The second kappa shape index (κ2) is 2.46. The minimum atomic E-state index is -0.347. The van der Waals surface area contributed by atoms with Crippen molar-refractivity contribution >= 4 is 0 Å². The van der Waals surface area contributed by atoms with E-state index >= 15 is 0 Å². The zero-order valence-corrected chi connectivity index (χ0v) is 4.83. The molecule has 0 aliphatic heterocycles. The lowest BCUT2D eigenvalue weighted by atomic mass is 10.3. The first-order chi connectivity index (χ1) is 4.34. The maximum absolute atomic E-state index is 10.6. The summed E-state index contributed by atoms with van der Waals surface area (Å²) in [5.74, 6) is 0. The Kier molecular flexibility index (Phi) is 1.65. The van der Waals surface area contributed by atoms with E-state index in [2.05, 4.69) is 4.42 Å². The quantitative estimate of drug-likeness (QED) is 0.579. The van der Waals surface area contributed by atoms with E-state index in [9.17, 15) is 4.79 Å². The van der Waals surface area contributed by atoms with Gasteiger partial charge < -0.3 is 10.2 Å². The van der Waals surface area contributed by atoms with E-state index in [-0.39, 0.29) is 12.2 Å². The van der Waals surface area contributed by atoms with Gasteiger partial charge in [-0.25, -0.2) is 4.79 Å². The van der Waals surface area contributed by atoms with E-state index in [1.165, 1.54) is 6.26 Å². The van der Waals surface area contributed by atoms with Crippen molar-refractivity contribution in [2.45, 2.75) is 6.54 Å². The van der Waals surface area contributed by atoms with E-state index < -0.39 is 0 Å². The third-order valence-corrected chi connectivity index (χ3v) is 1.03. The topological polar surface area (TPSA) is 56.2 Å². The Balaban J connectivity index is 3.16. The van der Waals surface area contributed by atoms with Gasteiger partial charge in [-0.05, 0) is 12.1 Å². The molecule has 1 heterocycles. The van der Waals surface area contributed by atoms with E-state index in [1.54, 1.807) is 12.1 Å². The average Bonchev–Trinajstić information content (AvgIpc) is 1.89. The van der Waals surface area contributed by atoms with E-state index in [4.69, 9.17) is 5.73 Å². The first-order valence-electron chi connectivity index (χ1n) is 2.61. The Labute approximate surface area is 52.1 Å². The van der Waals surface area contributed by atoms with Gasteiger partial charge in [0.1, 0.15) is 0 Å². The molecule has 3 heteroatoms. The van der Waals surface area contributed by atoms with Crippen molar-refractivity contribution in [3.63, 3.8) is 0 Å². The molecule has 48 valence electrons. The van der Waals surface area contributed by atoms with E-state index in [0.29, 0.717) is 5.56 Å². The molecule has 0 bridgehead atoms. The van der Waals surface area contributed by atoms with Crippen LogP contribution in [0.4, 0.5) is 0 Å². The molecule has 0 atom stereocenters. The third-order valence-electron chi connectivity index (χ3n) is 1.03. The minimum Gasteiger partial charge on any atom is -0.431 e. The minimum absolute atomic E-state index is 0.239. The zero-order chi connectivity index (χ0) is 6.69. The van der Waals surface area contributed by atoms with Gasteiger partial charge in [0.05, 0.1) is 11.8 Å². The fourth-order valence-electron chi connectivity index (χ4n) is 0.552. The zero-order valence-electron chi connectivity index (χ0n) is 4.83. The molecule has 0 amide bonds. The number of rotatable bonds is 1. The van der Waals surface area contributed by atoms with Crippen LogP contribution in [0.25, 0.3) is 0 Å². The molecule has 0 saturated heterocycles. The second-order valence-electron chi connectivity index (χ2n) is 1.63. The monoisotopic (exact) mass is 125 g/mol. The fourth-order valence-corrected chi connectivity index (χ4v) is 0.552. The Bertz CT molecular complexity index is 241. The first-order valence-corrected chi connectivity index (χ1v) is 2.61. The van der Waals surface area contributed by atoms with Gasteiger partial charge in [0.15, 0.2) is 0 Å². The van der Waals surface area contributed by atoms with Crippen molar-refractivity contribution in [1.82, 2.24) is 0 Å². The predicted octanol–water partition coefficient (Wildman–Crippen LogP) is 0.0985. The smallest absolute Gasteiger partial charge is 0.340 e. The number of hydrogen-bond acceptors (Lipinski definition) is 3. The van der Waals surface area contributed by atoms with Crippen molar-refractivity contribution in [1.29, 1.82) is 0 Å². The van der Waals surface area contributed by atoms with Crippen LogP contribution < -0.4 is 11.4 Å². The maximum Gasteiger partial charge on any atom is 0.340 e. The summed E-state index contributed by atoms with van der Waals surface area (Å²) in [6.07, 6.45) is 1.33. The highest BCUT2D eigenvalue weighted by atomic mass is 16.4. The highest BCUT2D eigenvalue weighted by molar-refractivity contribution is 5.05. The molecule has 1 rings (SSSR count). The van der Waals surface area contributed by atoms with Crippen molar-refractivity contribution in [3.8, 4) is 0 Å². The van der Waals surface area contributed by atoms with Crippen molar-refractivity contribution in [3.05, 3.63) is 34.4 Å². The molecular formula is C6H7NO2. The van der Waals surface area contributed by atoms with Crippen LogP contribution in [0.15, 0.2) is 27.6 Å². The molecule has 9 heavy (non-hydrogen) atoms. The number of hydrogen-bond donors (Lipinski definition) is 1. The van der Waals surface area contributed by atoms with Gasteiger partial charge in [0.2, 0.25) is 0 Å². The SMILES string of the molecule is NCc1cccoc1=O. The molecule has 0 aliphatic carbocycles. The third kappa shape index (κ3) is 1.17. The maximum atomic E-state index is 10.6. The lowest BCUT2D eigenvalue weighted by Crippen LogP contribution is -2.10. The Morgan fingerprint density at radius 2 is 2.44 bits per heavy atom. The number of nitrogens with two attached hydrogens (primary N) is 1. The largest absolute Gasteiger partial charge is 0.431 e. The molecule has 0 aliphatic rings. The van der Waals surface area contributed by atoms with Crippen molar-refractivity contribution in [2.75, 3.05) is 0 Å². The summed E-state index contributed by atoms with van der Waals surface area (Å²) in [6, 6.07) is 3.29. The standard InChI is InChI=1S/C6H7NO2/c7-4-5-2-1-3-9-6(5)8/h1-3H,4,7H2. The van der Waals surface area contributed by atoms with Gasteiger partial charge in [0.25, 0.3) is 0 Å². The molecule has 0 unspecified atom stereocenters. The van der Waals surface area contributed by atoms with E-state index in [0.717, 1.165) is 0 Å². The fraction of sp³-hybridized carbons (Fsp3) is 0.167. The summed E-state index contributed by atoms with van der Waals surface area (Å²) in [7, 11) is 0. The molecule has 2 N–H and O–H groups in total. The lowest BCUT2D eigenvalue weighted by molar-refractivity contribution is 0.502. The highest BCUT2D eigenvalue weighted by Crippen LogP contribution is 1.86. The Morgan fingerprint density at radius 1 is 1.67 bits per heavy atom.